The molecule has 1 fully saturated rings. The van der Waals surface area contributed by atoms with Crippen LogP contribution in [0, 0.1) is 21.4 Å². The van der Waals surface area contributed by atoms with E-state index in [1.807, 2.05) is 6.07 Å². The average Bonchev–Trinajstić information content (AvgIpc) is 3.15. The van der Waals surface area contributed by atoms with Gasteiger partial charge in [-0.1, -0.05) is 6.42 Å². The third-order valence-corrected chi connectivity index (χ3v) is 4.44. The highest BCUT2D eigenvalue weighted by Gasteiger charge is 2.20. The van der Waals surface area contributed by atoms with Gasteiger partial charge in [-0.05, 0) is 49.9 Å². The number of benzene rings is 1. The van der Waals surface area contributed by atoms with Gasteiger partial charge in [0.05, 0.1) is 4.92 Å². The second kappa shape index (κ2) is 8.32. The normalized spacial score (nSPS) is 15.1. The fourth-order valence-corrected chi connectivity index (χ4v) is 3.01. The molecule has 3 rings (SSSR count). The van der Waals surface area contributed by atoms with Gasteiger partial charge in [0, 0.05) is 23.8 Å². The number of carbonyl (C=O) groups is 1. The fourth-order valence-electron chi connectivity index (χ4n) is 3.01. The number of carbonyl (C=O) groups excluding carboxylic acids is 1. The minimum Gasteiger partial charge on any atom is -0.458 e. The van der Waals surface area contributed by atoms with E-state index in [0.717, 1.165) is 32.1 Å². The summed E-state index contributed by atoms with van der Waals surface area (Å²) in [7, 11) is 0. The van der Waals surface area contributed by atoms with Crippen LogP contribution in [0.25, 0.3) is 17.4 Å². The molecule has 138 valence electrons. The van der Waals surface area contributed by atoms with Crippen molar-refractivity contribution >= 4 is 17.7 Å². The third-order valence-electron chi connectivity index (χ3n) is 4.44. The molecule has 7 nitrogen and oxygen atoms in total. The van der Waals surface area contributed by atoms with Crippen molar-refractivity contribution in [3.05, 3.63) is 57.8 Å². The lowest BCUT2D eigenvalue weighted by Gasteiger charge is -2.21. The number of nitro benzene ring substituents is 1. The molecule has 0 spiro atoms. The van der Waals surface area contributed by atoms with Crippen LogP contribution in [0.3, 0.4) is 0 Å². The van der Waals surface area contributed by atoms with E-state index in [1.165, 1.54) is 18.2 Å². The predicted molar refractivity (Wildman–Crippen MR) is 97.4 cm³/mol. The van der Waals surface area contributed by atoms with Gasteiger partial charge in [0.2, 0.25) is 0 Å². The molecule has 1 saturated carbocycles. The van der Waals surface area contributed by atoms with Gasteiger partial charge in [0.1, 0.15) is 29.3 Å². The minimum absolute atomic E-state index is 0.0114. The van der Waals surface area contributed by atoms with Crippen molar-refractivity contribution in [1.82, 2.24) is 0 Å². The number of nitrogens with zero attached hydrogens (tertiary/aromatic N) is 2. The van der Waals surface area contributed by atoms with E-state index in [1.54, 1.807) is 24.3 Å². The number of ether oxygens (including phenoxy) is 1. The third kappa shape index (κ3) is 4.61. The van der Waals surface area contributed by atoms with Crippen LogP contribution in [0.2, 0.25) is 0 Å². The molecule has 0 atom stereocenters. The van der Waals surface area contributed by atoms with Crippen molar-refractivity contribution < 1.29 is 18.9 Å². The van der Waals surface area contributed by atoms with Crippen molar-refractivity contribution in [3.8, 4) is 17.4 Å². The van der Waals surface area contributed by atoms with Crippen LogP contribution in [0.4, 0.5) is 5.69 Å². The molecule has 0 saturated heterocycles. The summed E-state index contributed by atoms with van der Waals surface area (Å²) in [6.07, 6.45) is 6.08. The zero-order chi connectivity index (χ0) is 19.2. The Morgan fingerprint density at radius 2 is 1.89 bits per heavy atom. The number of hydrogen-bond acceptors (Lipinski definition) is 6. The van der Waals surface area contributed by atoms with Gasteiger partial charge in [-0.15, -0.1) is 0 Å². The molecule has 1 aromatic heterocycles. The molecule has 0 bridgehead atoms. The SMILES string of the molecule is N#C/C(=C\c1ccc(-c2ccc([N+](=O)[O-])cc2)o1)C(=O)OC1CCCCC1. The standard InChI is InChI=1S/C20H18N2O5/c21-13-15(20(23)27-17-4-2-1-3-5-17)12-18-10-11-19(26-18)14-6-8-16(9-7-14)22(24)25/h6-12,17H,1-5H2/b15-12+. The van der Waals surface area contributed by atoms with Crippen LogP contribution in [0.1, 0.15) is 37.9 Å². The fraction of sp³-hybridized carbons (Fsp3) is 0.300. The zero-order valence-corrected chi connectivity index (χ0v) is 14.6. The van der Waals surface area contributed by atoms with Gasteiger partial charge in [-0.3, -0.25) is 10.1 Å². The number of furan rings is 1. The number of hydrogen-bond donors (Lipinski definition) is 0. The number of non-ortho nitro benzene ring substituents is 1. The summed E-state index contributed by atoms with van der Waals surface area (Å²) in [5, 5.41) is 20.0. The molecular formula is C20H18N2O5. The lowest BCUT2D eigenvalue weighted by molar-refractivity contribution is -0.384. The molecule has 7 heteroatoms. The van der Waals surface area contributed by atoms with Crippen LogP contribution in [-0.4, -0.2) is 17.0 Å². The van der Waals surface area contributed by atoms with Crippen molar-refractivity contribution in [1.29, 1.82) is 5.26 Å². The molecule has 1 aromatic carbocycles. The van der Waals surface area contributed by atoms with E-state index in [4.69, 9.17) is 9.15 Å². The van der Waals surface area contributed by atoms with Gasteiger partial charge in [0.25, 0.3) is 5.69 Å². The summed E-state index contributed by atoms with van der Waals surface area (Å²) in [5.41, 5.74) is 0.524. The van der Waals surface area contributed by atoms with Gasteiger partial charge < -0.3 is 9.15 Å². The second-order valence-corrected chi connectivity index (χ2v) is 6.34. The topological polar surface area (TPSA) is 106 Å². The Morgan fingerprint density at radius 1 is 1.19 bits per heavy atom. The summed E-state index contributed by atoms with van der Waals surface area (Å²) < 4.78 is 11.0. The van der Waals surface area contributed by atoms with Crippen molar-refractivity contribution in [2.24, 2.45) is 0 Å². The summed E-state index contributed by atoms with van der Waals surface area (Å²) in [6, 6.07) is 11.1. The number of esters is 1. The quantitative estimate of drug-likeness (QED) is 0.251. The molecule has 0 unspecified atom stereocenters. The Morgan fingerprint density at radius 3 is 2.52 bits per heavy atom. The summed E-state index contributed by atoms with van der Waals surface area (Å²) in [6.45, 7) is 0. The smallest absolute Gasteiger partial charge is 0.349 e. The summed E-state index contributed by atoms with van der Waals surface area (Å²) in [5.74, 6) is 0.173. The maximum absolute atomic E-state index is 12.2. The van der Waals surface area contributed by atoms with Gasteiger partial charge in [0.15, 0.2) is 0 Å². The first-order valence-electron chi connectivity index (χ1n) is 8.74. The van der Waals surface area contributed by atoms with E-state index >= 15 is 0 Å². The first-order valence-corrected chi connectivity index (χ1v) is 8.74. The van der Waals surface area contributed by atoms with Gasteiger partial charge in [-0.25, -0.2) is 4.79 Å². The Labute approximate surface area is 156 Å². The van der Waals surface area contributed by atoms with Crippen molar-refractivity contribution in [3.63, 3.8) is 0 Å². The van der Waals surface area contributed by atoms with Crippen molar-refractivity contribution in [2.45, 2.75) is 38.2 Å². The second-order valence-electron chi connectivity index (χ2n) is 6.34. The predicted octanol–water partition coefficient (Wildman–Crippen LogP) is 4.64. The maximum Gasteiger partial charge on any atom is 0.349 e. The maximum atomic E-state index is 12.2. The largest absolute Gasteiger partial charge is 0.458 e. The number of rotatable bonds is 5. The van der Waals surface area contributed by atoms with Crippen LogP contribution < -0.4 is 0 Å². The lowest BCUT2D eigenvalue weighted by atomic mass is 9.98. The molecule has 0 radical (unpaired) electrons. The first kappa shape index (κ1) is 18.4. The number of nitriles is 1. The molecule has 0 amide bonds. The number of nitro groups is 1. The minimum atomic E-state index is -0.641. The molecule has 1 aliphatic carbocycles. The molecule has 1 aliphatic rings. The summed E-state index contributed by atoms with van der Waals surface area (Å²) in [4.78, 5) is 22.4. The van der Waals surface area contributed by atoms with E-state index in [2.05, 4.69) is 0 Å². The molecular weight excluding hydrogens is 348 g/mol. The molecule has 1 heterocycles. The highest BCUT2D eigenvalue weighted by atomic mass is 16.6. The average molecular weight is 366 g/mol. The lowest BCUT2D eigenvalue weighted by Crippen LogP contribution is -2.21. The van der Waals surface area contributed by atoms with Crippen LogP contribution in [0.15, 0.2) is 46.4 Å². The van der Waals surface area contributed by atoms with Crippen LogP contribution in [0.5, 0.6) is 0 Å². The van der Waals surface area contributed by atoms with Crippen LogP contribution in [-0.2, 0) is 9.53 Å². The molecule has 0 aliphatic heterocycles. The summed E-state index contributed by atoms with van der Waals surface area (Å²) >= 11 is 0. The Kier molecular flexibility index (Phi) is 5.67. The molecule has 27 heavy (non-hydrogen) atoms. The van der Waals surface area contributed by atoms with E-state index in [9.17, 15) is 20.2 Å². The van der Waals surface area contributed by atoms with E-state index in [0.29, 0.717) is 17.1 Å². The Hall–Kier alpha value is -3.40. The molecule has 0 N–H and O–H groups in total. The van der Waals surface area contributed by atoms with E-state index in [-0.39, 0.29) is 17.4 Å². The molecule has 2 aromatic rings. The van der Waals surface area contributed by atoms with Gasteiger partial charge in [-0.2, -0.15) is 5.26 Å². The highest BCUT2D eigenvalue weighted by Crippen LogP contribution is 2.26. The Balaban J connectivity index is 1.72. The monoisotopic (exact) mass is 366 g/mol. The zero-order valence-electron chi connectivity index (χ0n) is 14.6. The van der Waals surface area contributed by atoms with Crippen LogP contribution >= 0.6 is 0 Å². The van der Waals surface area contributed by atoms with Crippen molar-refractivity contribution in [2.75, 3.05) is 0 Å². The Bertz CT molecular complexity index is 899. The van der Waals surface area contributed by atoms with Gasteiger partial charge >= 0.3 is 5.97 Å². The van der Waals surface area contributed by atoms with E-state index < -0.39 is 10.9 Å². The highest BCUT2D eigenvalue weighted by molar-refractivity contribution is 5.97. The first-order chi connectivity index (χ1) is 13.1.